The van der Waals surface area contributed by atoms with Crippen molar-refractivity contribution in [3.8, 4) is 5.75 Å². The standard InChI is InChI=1S/C21H28N2O4S2/c1-14(2)10-11-23-17-12-16(22-29(25,26)19-9-6-15(3)28-19)7-8-18(17)27-13-21(4,5)20(23)24/h6-9,12,14,22H,10-11,13H2,1-5H3. The maximum atomic E-state index is 13.2. The van der Waals surface area contributed by atoms with Gasteiger partial charge in [0.25, 0.3) is 10.0 Å². The van der Waals surface area contributed by atoms with E-state index in [2.05, 4.69) is 18.6 Å². The van der Waals surface area contributed by atoms with Gasteiger partial charge in [-0.1, -0.05) is 13.8 Å². The monoisotopic (exact) mass is 436 g/mol. The third-order valence-corrected chi connectivity index (χ3v) is 7.70. The van der Waals surface area contributed by atoms with E-state index >= 15 is 0 Å². The Morgan fingerprint density at radius 2 is 1.97 bits per heavy atom. The molecule has 0 atom stereocenters. The molecule has 1 amide bonds. The summed E-state index contributed by atoms with van der Waals surface area (Å²) in [4.78, 5) is 15.8. The minimum absolute atomic E-state index is 0.0224. The van der Waals surface area contributed by atoms with Gasteiger partial charge in [0, 0.05) is 11.4 Å². The third-order valence-electron chi connectivity index (χ3n) is 4.83. The molecule has 0 saturated carbocycles. The summed E-state index contributed by atoms with van der Waals surface area (Å²) in [6, 6.07) is 8.45. The Hall–Kier alpha value is -2.06. The highest BCUT2D eigenvalue weighted by Crippen LogP contribution is 2.39. The van der Waals surface area contributed by atoms with Gasteiger partial charge >= 0.3 is 0 Å². The van der Waals surface area contributed by atoms with Crippen molar-refractivity contribution in [2.75, 3.05) is 22.8 Å². The van der Waals surface area contributed by atoms with E-state index in [1.54, 1.807) is 35.2 Å². The summed E-state index contributed by atoms with van der Waals surface area (Å²) in [5.41, 5.74) is 0.341. The Morgan fingerprint density at radius 3 is 2.59 bits per heavy atom. The number of rotatable bonds is 6. The average molecular weight is 437 g/mol. The van der Waals surface area contributed by atoms with Crippen molar-refractivity contribution >= 4 is 38.6 Å². The molecular weight excluding hydrogens is 408 g/mol. The van der Waals surface area contributed by atoms with Crippen LogP contribution in [0.4, 0.5) is 11.4 Å². The number of ether oxygens (including phenoxy) is 1. The van der Waals surface area contributed by atoms with Gasteiger partial charge in [-0.05, 0) is 63.4 Å². The van der Waals surface area contributed by atoms with Crippen LogP contribution in [0.15, 0.2) is 34.5 Å². The fourth-order valence-corrected chi connectivity index (χ4v) is 5.41. The molecule has 2 aromatic rings. The van der Waals surface area contributed by atoms with Crippen molar-refractivity contribution in [2.45, 2.75) is 45.2 Å². The van der Waals surface area contributed by atoms with Gasteiger partial charge < -0.3 is 9.64 Å². The van der Waals surface area contributed by atoms with Crippen molar-refractivity contribution in [3.63, 3.8) is 0 Å². The number of sulfonamides is 1. The van der Waals surface area contributed by atoms with Crippen LogP contribution in [-0.2, 0) is 14.8 Å². The van der Waals surface area contributed by atoms with E-state index in [1.165, 1.54) is 11.3 Å². The number of aryl methyl sites for hydroxylation is 1. The summed E-state index contributed by atoms with van der Waals surface area (Å²) in [6.45, 7) is 10.6. The molecule has 0 bridgehead atoms. The number of nitrogens with zero attached hydrogens (tertiary/aromatic N) is 1. The molecule has 29 heavy (non-hydrogen) atoms. The zero-order valence-electron chi connectivity index (χ0n) is 17.5. The van der Waals surface area contributed by atoms with E-state index < -0.39 is 15.4 Å². The molecule has 2 heterocycles. The summed E-state index contributed by atoms with van der Waals surface area (Å²) in [6.07, 6.45) is 0.839. The van der Waals surface area contributed by atoms with Gasteiger partial charge in [-0.25, -0.2) is 8.42 Å². The first kappa shape index (κ1) is 21.6. The van der Waals surface area contributed by atoms with Crippen molar-refractivity contribution in [1.29, 1.82) is 0 Å². The summed E-state index contributed by atoms with van der Waals surface area (Å²) in [5.74, 6) is 0.996. The number of hydrogen-bond donors (Lipinski definition) is 1. The Labute approximate surface area is 176 Å². The van der Waals surface area contributed by atoms with E-state index in [1.807, 2.05) is 20.8 Å². The van der Waals surface area contributed by atoms with E-state index in [4.69, 9.17) is 4.74 Å². The second kappa shape index (κ2) is 7.99. The molecule has 1 aromatic heterocycles. The number of amides is 1. The Bertz CT molecular complexity index is 1010. The lowest BCUT2D eigenvalue weighted by atomic mass is 9.92. The van der Waals surface area contributed by atoms with Gasteiger partial charge in [0.1, 0.15) is 16.6 Å². The van der Waals surface area contributed by atoms with Crippen LogP contribution < -0.4 is 14.4 Å². The number of carbonyl (C=O) groups excluding carboxylic acids is 1. The normalized spacial score (nSPS) is 16.3. The molecule has 0 unspecified atom stereocenters. The predicted octanol–water partition coefficient (Wildman–Crippen LogP) is 4.66. The lowest BCUT2D eigenvalue weighted by Crippen LogP contribution is -2.42. The van der Waals surface area contributed by atoms with Crippen molar-refractivity contribution in [2.24, 2.45) is 11.3 Å². The predicted molar refractivity (Wildman–Crippen MR) is 117 cm³/mol. The number of thiophene rings is 1. The van der Waals surface area contributed by atoms with Crippen LogP contribution in [0.2, 0.25) is 0 Å². The molecule has 0 spiro atoms. The first-order valence-electron chi connectivity index (χ1n) is 9.68. The van der Waals surface area contributed by atoms with Crippen LogP contribution in [0.5, 0.6) is 5.75 Å². The quantitative estimate of drug-likeness (QED) is 0.715. The molecule has 0 radical (unpaired) electrons. The molecular formula is C21H28N2O4S2. The molecule has 1 aliphatic heterocycles. The van der Waals surface area contributed by atoms with Gasteiger partial charge in [0.05, 0.1) is 16.8 Å². The van der Waals surface area contributed by atoms with Gasteiger partial charge in [-0.3, -0.25) is 9.52 Å². The largest absolute Gasteiger partial charge is 0.490 e. The van der Waals surface area contributed by atoms with Crippen molar-refractivity contribution < 1.29 is 17.9 Å². The Morgan fingerprint density at radius 1 is 1.24 bits per heavy atom. The highest BCUT2D eigenvalue weighted by molar-refractivity contribution is 7.94. The average Bonchev–Trinajstić information content (AvgIpc) is 3.04. The number of fused-ring (bicyclic) bond motifs is 1. The molecule has 0 aliphatic carbocycles. The van der Waals surface area contributed by atoms with E-state index in [-0.39, 0.29) is 16.7 Å². The van der Waals surface area contributed by atoms with Gasteiger partial charge in [-0.2, -0.15) is 0 Å². The smallest absolute Gasteiger partial charge is 0.271 e. The minimum atomic E-state index is -3.68. The second-order valence-corrected chi connectivity index (χ2v) is 11.7. The van der Waals surface area contributed by atoms with E-state index in [0.717, 1.165) is 11.3 Å². The van der Waals surface area contributed by atoms with Crippen LogP contribution in [0.3, 0.4) is 0 Å². The molecule has 0 saturated heterocycles. The fraction of sp³-hybridized carbons (Fsp3) is 0.476. The molecule has 0 fully saturated rings. The highest BCUT2D eigenvalue weighted by atomic mass is 32.2. The van der Waals surface area contributed by atoms with Crippen LogP contribution in [-0.4, -0.2) is 27.5 Å². The van der Waals surface area contributed by atoms with E-state index in [9.17, 15) is 13.2 Å². The first-order valence-corrected chi connectivity index (χ1v) is 12.0. The fourth-order valence-electron chi connectivity index (χ4n) is 3.08. The SMILES string of the molecule is Cc1ccc(S(=O)(=O)Nc2ccc3c(c2)N(CCC(C)C)C(=O)C(C)(C)CO3)s1. The number of anilines is 2. The zero-order valence-corrected chi connectivity index (χ0v) is 19.1. The van der Waals surface area contributed by atoms with Crippen LogP contribution in [0, 0.1) is 18.3 Å². The van der Waals surface area contributed by atoms with Crippen molar-refractivity contribution in [1.82, 2.24) is 0 Å². The number of hydrogen-bond acceptors (Lipinski definition) is 5. The van der Waals surface area contributed by atoms with Crippen LogP contribution in [0.25, 0.3) is 0 Å². The lowest BCUT2D eigenvalue weighted by molar-refractivity contribution is -0.127. The Balaban J connectivity index is 1.97. The molecule has 158 valence electrons. The summed E-state index contributed by atoms with van der Waals surface area (Å²) < 4.78 is 34.2. The van der Waals surface area contributed by atoms with Gasteiger partial charge in [0.2, 0.25) is 5.91 Å². The van der Waals surface area contributed by atoms with E-state index in [0.29, 0.717) is 29.6 Å². The molecule has 1 aromatic carbocycles. The van der Waals surface area contributed by atoms with Crippen molar-refractivity contribution in [3.05, 3.63) is 35.2 Å². The first-order chi connectivity index (χ1) is 13.5. The number of carbonyl (C=O) groups is 1. The second-order valence-electron chi connectivity index (χ2n) is 8.46. The molecule has 1 aliphatic rings. The molecule has 1 N–H and O–H groups in total. The maximum absolute atomic E-state index is 13.2. The summed E-state index contributed by atoms with van der Waals surface area (Å²) in [7, 11) is -3.68. The number of benzene rings is 1. The molecule has 3 rings (SSSR count). The topological polar surface area (TPSA) is 75.7 Å². The molecule has 8 heteroatoms. The zero-order chi connectivity index (χ0) is 21.4. The van der Waals surface area contributed by atoms with Gasteiger partial charge in [0.15, 0.2) is 0 Å². The third kappa shape index (κ3) is 4.75. The van der Waals surface area contributed by atoms with Crippen LogP contribution >= 0.6 is 11.3 Å². The van der Waals surface area contributed by atoms with Crippen LogP contribution in [0.1, 0.15) is 39.0 Å². The Kier molecular flexibility index (Phi) is 5.96. The summed E-state index contributed by atoms with van der Waals surface area (Å²) in [5, 5.41) is 0. The highest BCUT2D eigenvalue weighted by Gasteiger charge is 2.37. The number of nitrogens with one attached hydrogen (secondary N) is 1. The minimum Gasteiger partial charge on any atom is -0.490 e. The lowest BCUT2D eigenvalue weighted by Gasteiger charge is -2.28. The van der Waals surface area contributed by atoms with Gasteiger partial charge in [-0.15, -0.1) is 11.3 Å². The molecule has 6 nitrogen and oxygen atoms in total. The maximum Gasteiger partial charge on any atom is 0.271 e. The summed E-state index contributed by atoms with van der Waals surface area (Å²) >= 11 is 1.22.